The van der Waals surface area contributed by atoms with Gasteiger partial charge in [0.05, 0.1) is 5.69 Å². The van der Waals surface area contributed by atoms with Crippen LogP contribution in [0.25, 0.3) is 17.2 Å². The predicted molar refractivity (Wildman–Crippen MR) is 93.5 cm³/mol. The second kappa shape index (κ2) is 6.75. The smallest absolute Gasteiger partial charge is 0.271 e. The Morgan fingerprint density at radius 2 is 2.08 bits per heavy atom. The number of aryl methyl sites for hydroxylation is 1. The number of hydrogen-bond acceptors (Lipinski definition) is 6. The SMILES string of the molecule is Cc1c(C(=O)NCCc2nc(-c3ccccn3)no2)nc2ccccn12. The summed E-state index contributed by atoms with van der Waals surface area (Å²) in [5, 5.41) is 6.75. The largest absolute Gasteiger partial charge is 0.350 e. The molecule has 4 aromatic rings. The van der Waals surface area contributed by atoms with E-state index in [0.717, 1.165) is 11.3 Å². The van der Waals surface area contributed by atoms with Gasteiger partial charge in [0.15, 0.2) is 0 Å². The van der Waals surface area contributed by atoms with Crippen LogP contribution in [0.4, 0.5) is 0 Å². The van der Waals surface area contributed by atoms with Crippen molar-refractivity contribution in [2.75, 3.05) is 6.54 Å². The van der Waals surface area contributed by atoms with E-state index in [9.17, 15) is 4.79 Å². The number of carbonyl (C=O) groups is 1. The number of amides is 1. The molecule has 1 N–H and O–H groups in total. The molecule has 0 unspecified atom stereocenters. The van der Waals surface area contributed by atoms with E-state index >= 15 is 0 Å². The lowest BCUT2D eigenvalue weighted by Gasteiger charge is -2.01. The van der Waals surface area contributed by atoms with E-state index in [0.29, 0.717) is 36.1 Å². The minimum absolute atomic E-state index is 0.226. The van der Waals surface area contributed by atoms with Crippen molar-refractivity contribution in [3.63, 3.8) is 0 Å². The molecule has 0 aliphatic carbocycles. The number of imidazole rings is 1. The minimum Gasteiger partial charge on any atom is -0.350 e. The fraction of sp³-hybridized carbons (Fsp3) is 0.167. The lowest BCUT2D eigenvalue weighted by atomic mass is 10.3. The van der Waals surface area contributed by atoms with Gasteiger partial charge in [-0.15, -0.1) is 0 Å². The van der Waals surface area contributed by atoms with Crippen LogP contribution in [-0.4, -0.2) is 37.0 Å². The van der Waals surface area contributed by atoms with Crippen molar-refractivity contribution in [1.82, 2.24) is 29.8 Å². The summed E-state index contributed by atoms with van der Waals surface area (Å²) in [6.45, 7) is 2.24. The zero-order valence-corrected chi connectivity index (χ0v) is 14.1. The van der Waals surface area contributed by atoms with Gasteiger partial charge >= 0.3 is 0 Å². The van der Waals surface area contributed by atoms with E-state index in [1.54, 1.807) is 6.20 Å². The third-order valence-corrected chi connectivity index (χ3v) is 3.97. The van der Waals surface area contributed by atoms with Crippen LogP contribution < -0.4 is 5.32 Å². The van der Waals surface area contributed by atoms with E-state index in [1.165, 1.54) is 0 Å². The number of hydrogen-bond donors (Lipinski definition) is 1. The van der Waals surface area contributed by atoms with Crippen LogP contribution in [0.2, 0.25) is 0 Å². The molecule has 8 nitrogen and oxygen atoms in total. The topological polar surface area (TPSA) is 98.2 Å². The molecular formula is C18H16N6O2. The molecule has 0 spiro atoms. The highest BCUT2D eigenvalue weighted by molar-refractivity contribution is 5.94. The number of nitrogens with one attached hydrogen (secondary N) is 1. The van der Waals surface area contributed by atoms with Gasteiger partial charge in [0.2, 0.25) is 11.7 Å². The molecule has 4 heterocycles. The Bertz CT molecular complexity index is 1050. The lowest BCUT2D eigenvalue weighted by Crippen LogP contribution is -2.26. The summed E-state index contributed by atoms with van der Waals surface area (Å²) in [7, 11) is 0. The summed E-state index contributed by atoms with van der Waals surface area (Å²) in [6.07, 6.45) is 3.98. The zero-order valence-electron chi connectivity index (χ0n) is 14.1. The van der Waals surface area contributed by atoms with Crippen molar-refractivity contribution in [3.05, 3.63) is 66.1 Å². The van der Waals surface area contributed by atoms with E-state index in [-0.39, 0.29) is 5.91 Å². The van der Waals surface area contributed by atoms with Gasteiger partial charge < -0.3 is 14.2 Å². The van der Waals surface area contributed by atoms with Crippen LogP contribution in [0, 0.1) is 6.92 Å². The first-order valence-corrected chi connectivity index (χ1v) is 8.18. The molecule has 0 aliphatic heterocycles. The first kappa shape index (κ1) is 15.9. The summed E-state index contributed by atoms with van der Waals surface area (Å²) in [6, 6.07) is 11.1. The summed E-state index contributed by atoms with van der Waals surface area (Å²) in [5.41, 5.74) is 2.60. The molecule has 0 fully saturated rings. The molecule has 0 bridgehead atoms. The van der Waals surface area contributed by atoms with Gasteiger partial charge in [-0.1, -0.05) is 17.3 Å². The van der Waals surface area contributed by atoms with Gasteiger partial charge in [0.1, 0.15) is 17.0 Å². The molecule has 0 radical (unpaired) electrons. The van der Waals surface area contributed by atoms with Gasteiger partial charge in [-0.2, -0.15) is 4.98 Å². The van der Waals surface area contributed by atoms with Crippen LogP contribution in [0.5, 0.6) is 0 Å². The number of fused-ring (bicyclic) bond motifs is 1. The molecule has 0 saturated heterocycles. The van der Waals surface area contributed by atoms with E-state index < -0.39 is 0 Å². The van der Waals surface area contributed by atoms with Crippen LogP contribution in [0.1, 0.15) is 22.1 Å². The lowest BCUT2D eigenvalue weighted by molar-refractivity contribution is 0.0948. The maximum atomic E-state index is 12.4. The highest BCUT2D eigenvalue weighted by atomic mass is 16.5. The van der Waals surface area contributed by atoms with Gasteiger partial charge in [-0.3, -0.25) is 9.78 Å². The first-order chi connectivity index (χ1) is 12.7. The van der Waals surface area contributed by atoms with Crippen molar-refractivity contribution in [2.45, 2.75) is 13.3 Å². The third kappa shape index (κ3) is 3.04. The number of aromatic nitrogens is 5. The molecule has 4 rings (SSSR count). The van der Waals surface area contributed by atoms with Gasteiger partial charge in [0, 0.05) is 25.4 Å². The van der Waals surface area contributed by atoms with Crippen molar-refractivity contribution in [3.8, 4) is 11.5 Å². The summed E-state index contributed by atoms with van der Waals surface area (Å²) in [4.78, 5) is 25.2. The summed E-state index contributed by atoms with van der Waals surface area (Å²) < 4.78 is 7.09. The molecule has 4 aromatic heterocycles. The minimum atomic E-state index is -0.226. The van der Waals surface area contributed by atoms with Crippen LogP contribution in [0.15, 0.2) is 53.3 Å². The molecule has 130 valence electrons. The highest BCUT2D eigenvalue weighted by Crippen LogP contribution is 2.13. The van der Waals surface area contributed by atoms with Gasteiger partial charge in [-0.25, -0.2) is 4.98 Å². The van der Waals surface area contributed by atoms with Crippen LogP contribution in [0.3, 0.4) is 0 Å². The van der Waals surface area contributed by atoms with Crippen LogP contribution in [-0.2, 0) is 6.42 Å². The Morgan fingerprint density at radius 3 is 2.88 bits per heavy atom. The highest BCUT2D eigenvalue weighted by Gasteiger charge is 2.16. The summed E-state index contributed by atoms with van der Waals surface area (Å²) in [5.74, 6) is 0.650. The molecule has 0 aliphatic rings. The zero-order chi connectivity index (χ0) is 17.9. The maximum absolute atomic E-state index is 12.4. The average Bonchev–Trinajstić information content (AvgIpc) is 3.28. The van der Waals surface area contributed by atoms with E-state index in [4.69, 9.17) is 4.52 Å². The molecule has 0 saturated carbocycles. The number of rotatable bonds is 5. The van der Waals surface area contributed by atoms with Crippen molar-refractivity contribution < 1.29 is 9.32 Å². The third-order valence-electron chi connectivity index (χ3n) is 3.97. The van der Waals surface area contributed by atoms with E-state index in [2.05, 4.69) is 25.4 Å². The molecule has 1 amide bonds. The maximum Gasteiger partial charge on any atom is 0.271 e. The summed E-state index contributed by atoms with van der Waals surface area (Å²) >= 11 is 0. The Hall–Kier alpha value is -3.55. The fourth-order valence-corrected chi connectivity index (χ4v) is 2.66. The Morgan fingerprint density at radius 1 is 1.19 bits per heavy atom. The van der Waals surface area contributed by atoms with Crippen LogP contribution >= 0.6 is 0 Å². The second-order valence-corrected chi connectivity index (χ2v) is 5.71. The molecular weight excluding hydrogens is 332 g/mol. The number of carbonyl (C=O) groups excluding carboxylic acids is 1. The standard InChI is InChI=1S/C18H16N6O2/c1-12-16(21-14-7-3-5-11-24(12)14)18(25)20-10-8-15-22-17(23-26-15)13-6-2-4-9-19-13/h2-7,9,11H,8,10H2,1H3,(H,20,25). The quantitative estimate of drug-likeness (QED) is 0.593. The van der Waals surface area contributed by atoms with Crippen molar-refractivity contribution in [1.29, 1.82) is 0 Å². The number of nitrogens with zero attached hydrogens (tertiary/aromatic N) is 5. The monoisotopic (exact) mass is 348 g/mol. The Balaban J connectivity index is 1.39. The fourth-order valence-electron chi connectivity index (χ4n) is 2.66. The van der Waals surface area contributed by atoms with Gasteiger partial charge in [0.25, 0.3) is 5.91 Å². The van der Waals surface area contributed by atoms with Crippen molar-refractivity contribution in [2.24, 2.45) is 0 Å². The normalized spacial score (nSPS) is 11.0. The average molecular weight is 348 g/mol. The molecule has 8 heteroatoms. The molecule has 0 atom stereocenters. The predicted octanol–water partition coefficient (Wildman–Crippen LogP) is 2.06. The molecule has 0 aromatic carbocycles. The first-order valence-electron chi connectivity index (χ1n) is 8.18. The van der Waals surface area contributed by atoms with Gasteiger partial charge in [-0.05, 0) is 31.2 Å². The Kier molecular flexibility index (Phi) is 4.14. The van der Waals surface area contributed by atoms with E-state index in [1.807, 2.05) is 53.9 Å². The Labute approximate surface area is 148 Å². The second-order valence-electron chi connectivity index (χ2n) is 5.71. The van der Waals surface area contributed by atoms with Crippen molar-refractivity contribution >= 4 is 11.6 Å². The molecule has 26 heavy (non-hydrogen) atoms. The number of pyridine rings is 2.